The van der Waals surface area contributed by atoms with Gasteiger partial charge in [-0.15, -0.1) is 10.2 Å². The maximum Gasteiger partial charge on any atom is 0.222 e. The number of aromatic amines is 1. The lowest BCUT2D eigenvalue weighted by Crippen LogP contribution is -2.33. The van der Waals surface area contributed by atoms with E-state index in [0.29, 0.717) is 12.2 Å². The molecule has 4 N–H and O–H groups in total. The van der Waals surface area contributed by atoms with Crippen LogP contribution in [0.4, 0.5) is 0 Å². The molecule has 0 radical (unpaired) electrons. The Morgan fingerprint density at radius 2 is 2.38 bits per heavy atom. The number of tetrazole rings is 1. The number of nitrogens with one attached hydrogen (secondary N) is 2. The van der Waals surface area contributed by atoms with Gasteiger partial charge in [-0.05, 0) is 13.3 Å². The Labute approximate surface area is 94.2 Å². The van der Waals surface area contributed by atoms with Gasteiger partial charge >= 0.3 is 0 Å². The SMILES string of the molecule is CCCC(N)CC(=O)NC(C)c1nn[nH]n1. The van der Waals surface area contributed by atoms with Gasteiger partial charge in [-0.3, -0.25) is 4.79 Å². The highest BCUT2D eigenvalue weighted by Gasteiger charge is 2.15. The average Bonchev–Trinajstić information content (AvgIpc) is 2.69. The highest BCUT2D eigenvalue weighted by atomic mass is 16.1. The van der Waals surface area contributed by atoms with Crippen LogP contribution in [0.1, 0.15) is 45.0 Å². The van der Waals surface area contributed by atoms with Crippen molar-refractivity contribution in [2.24, 2.45) is 5.73 Å². The molecule has 16 heavy (non-hydrogen) atoms. The van der Waals surface area contributed by atoms with Gasteiger partial charge in [0, 0.05) is 12.5 Å². The van der Waals surface area contributed by atoms with E-state index in [1.807, 2.05) is 6.92 Å². The second-order valence-electron chi connectivity index (χ2n) is 3.81. The Morgan fingerprint density at radius 3 is 2.94 bits per heavy atom. The Hall–Kier alpha value is -1.50. The molecule has 0 spiro atoms. The molecule has 0 aliphatic rings. The molecule has 1 rings (SSSR count). The molecule has 0 fully saturated rings. The van der Waals surface area contributed by atoms with E-state index >= 15 is 0 Å². The molecule has 90 valence electrons. The van der Waals surface area contributed by atoms with Crippen LogP contribution in [0.15, 0.2) is 0 Å². The lowest BCUT2D eigenvalue weighted by Gasteiger charge is -2.13. The molecule has 0 saturated carbocycles. The first-order valence-corrected chi connectivity index (χ1v) is 5.41. The van der Waals surface area contributed by atoms with E-state index in [0.717, 1.165) is 12.8 Å². The highest BCUT2D eigenvalue weighted by molar-refractivity contribution is 5.76. The molecular formula is C9H18N6O. The molecule has 2 atom stereocenters. The van der Waals surface area contributed by atoms with Crippen molar-refractivity contribution in [3.63, 3.8) is 0 Å². The Bertz CT molecular complexity index is 312. The summed E-state index contributed by atoms with van der Waals surface area (Å²) in [5.74, 6) is 0.385. The van der Waals surface area contributed by atoms with Gasteiger partial charge in [-0.1, -0.05) is 18.6 Å². The number of rotatable bonds is 6. The summed E-state index contributed by atoms with van der Waals surface area (Å²) in [5, 5.41) is 16.1. The molecule has 2 unspecified atom stereocenters. The molecular weight excluding hydrogens is 208 g/mol. The van der Waals surface area contributed by atoms with Crippen LogP contribution in [-0.2, 0) is 4.79 Å². The molecule has 0 aliphatic carbocycles. The Morgan fingerprint density at radius 1 is 1.62 bits per heavy atom. The molecule has 0 saturated heterocycles. The maximum atomic E-state index is 11.6. The predicted molar refractivity (Wildman–Crippen MR) is 58.2 cm³/mol. The van der Waals surface area contributed by atoms with E-state index in [4.69, 9.17) is 5.73 Å². The molecule has 7 heteroatoms. The van der Waals surface area contributed by atoms with Gasteiger partial charge in [-0.2, -0.15) is 5.21 Å². The lowest BCUT2D eigenvalue weighted by molar-refractivity contribution is -0.122. The van der Waals surface area contributed by atoms with E-state index in [-0.39, 0.29) is 18.0 Å². The highest BCUT2D eigenvalue weighted by Crippen LogP contribution is 2.05. The number of carbonyl (C=O) groups excluding carboxylic acids is 1. The minimum Gasteiger partial charge on any atom is -0.346 e. The summed E-state index contributed by atoms with van der Waals surface area (Å²) in [5.41, 5.74) is 5.77. The van der Waals surface area contributed by atoms with E-state index in [9.17, 15) is 4.79 Å². The van der Waals surface area contributed by atoms with Gasteiger partial charge < -0.3 is 11.1 Å². The minimum absolute atomic E-state index is 0.0810. The molecule has 1 amide bonds. The number of H-pyrrole nitrogens is 1. The first kappa shape index (κ1) is 12.6. The van der Waals surface area contributed by atoms with Gasteiger partial charge in [0.1, 0.15) is 0 Å². The number of aromatic nitrogens is 4. The third-order valence-corrected chi connectivity index (χ3v) is 2.23. The van der Waals surface area contributed by atoms with Crippen molar-refractivity contribution >= 4 is 5.91 Å². The molecule has 1 aromatic rings. The van der Waals surface area contributed by atoms with E-state index in [2.05, 4.69) is 25.9 Å². The van der Waals surface area contributed by atoms with Crippen LogP contribution >= 0.6 is 0 Å². The van der Waals surface area contributed by atoms with E-state index in [1.54, 1.807) is 6.92 Å². The van der Waals surface area contributed by atoms with Crippen LogP contribution in [0.3, 0.4) is 0 Å². The van der Waals surface area contributed by atoms with Gasteiger partial charge in [0.15, 0.2) is 5.82 Å². The zero-order valence-electron chi connectivity index (χ0n) is 9.60. The van der Waals surface area contributed by atoms with Crippen LogP contribution in [0.2, 0.25) is 0 Å². The summed E-state index contributed by atoms with van der Waals surface area (Å²) in [6.07, 6.45) is 2.16. The van der Waals surface area contributed by atoms with Crippen LogP contribution in [0, 0.1) is 0 Å². The van der Waals surface area contributed by atoms with Gasteiger partial charge in [0.2, 0.25) is 5.91 Å². The quantitative estimate of drug-likeness (QED) is 0.627. The van der Waals surface area contributed by atoms with Crippen molar-refractivity contribution in [3.8, 4) is 0 Å². The van der Waals surface area contributed by atoms with Crippen LogP contribution in [0.5, 0.6) is 0 Å². The summed E-state index contributed by atoms with van der Waals surface area (Å²) in [6.45, 7) is 3.84. The molecule has 1 heterocycles. The molecule has 0 bridgehead atoms. The number of nitrogens with zero attached hydrogens (tertiary/aromatic N) is 3. The summed E-state index contributed by atoms with van der Waals surface area (Å²) in [4.78, 5) is 11.6. The number of carbonyl (C=O) groups is 1. The fourth-order valence-electron chi connectivity index (χ4n) is 1.43. The minimum atomic E-state index is -0.250. The third-order valence-electron chi connectivity index (χ3n) is 2.23. The second-order valence-corrected chi connectivity index (χ2v) is 3.81. The number of nitrogens with two attached hydrogens (primary N) is 1. The summed E-state index contributed by atoms with van der Waals surface area (Å²) >= 11 is 0. The lowest BCUT2D eigenvalue weighted by atomic mass is 10.1. The smallest absolute Gasteiger partial charge is 0.222 e. The van der Waals surface area contributed by atoms with E-state index < -0.39 is 0 Å². The summed E-state index contributed by atoms with van der Waals surface area (Å²) in [7, 11) is 0. The van der Waals surface area contributed by atoms with Crippen molar-refractivity contribution in [2.45, 2.75) is 45.2 Å². The largest absolute Gasteiger partial charge is 0.346 e. The fraction of sp³-hybridized carbons (Fsp3) is 0.778. The van der Waals surface area contributed by atoms with Crippen LogP contribution < -0.4 is 11.1 Å². The number of hydrogen-bond acceptors (Lipinski definition) is 5. The number of amides is 1. The predicted octanol–water partition coefficient (Wildman–Crippen LogP) is -0.106. The zero-order chi connectivity index (χ0) is 12.0. The van der Waals surface area contributed by atoms with Crippen LogP contribution in [-0.4, -0.2) is 32.6 Å². The van der Waals surface area contributed by atoms with Gasteiger partial charge in [-0.25, -0.2) is 0 Å². The van der Waals surface area contributed by atoms with Crippen molar-refractivity contribution in [1.82, 2.24) is 25.9 Å². The Balaban J connectivity index is 2.34. The summed E-state index contributed by atoms with van der Waals surface area (Å²) < 4.78 is 0. The number of hydrogen-bond donors (Lipinski definition) is 3. The first-order chi connectivity index (χ1) is 7.63. The Kier molecular flexibility index (Phi) is 4.84. The fourth-order valence-corrected chi connectivity index (χ4v) is 1.43. The topological polar surface area (TPSA) is 110 Å². The van der Waals surface area contributed by atoms with Crippen molar-refractivity contribution in [1.29, 1.82) is 0 Å². The maximum absolute atomic E-state index is 11.6. The molecule has 0 aromatic carbocycles. The van der Waals surface area contributed by atoms with Crippen molar-refractivity contribution < 1.29 is 4.79 Å². The average molecular weight is 226 g/mol. The molecule has 7 nitrogen and oxygen atoms in total. The third kappa shape index (κ3) is 3.93. The van der Waals surface area contributed by atoms with Crippen molar-refractivity contribution in [2.75, 3.05) is 0 Å². The van der Waals surface area contributed by atoms with Gasteiger partial charge in [0.05, 0.1) is 6.04 Å². The monoisotopic (exact) mass is 226 g/mol. The normalized spacial score (nSPS) is 14.4. The first-order valence-electron chi connectivity index (χ1n) is 5.41. The van der Waals surface area contributed by atoms with Gasteiger partial charge in [0.25, 0.3) is 0 Å². The standard InChI is InChI=1S/C9H18N6O/c1-3-4-7(10)5-8(16)11-6(2)9-12-14-15-13-9/h6-7H,3-5,10H2,1-2H3,(H,11,16)(H,12,13,14,15). The molecule has 0 aliphatic heterocycles. The van der Waals surface area contributed by atoms with Crippen molar-refractivity contribution in [3.05, 3.63) is 5.82 Å². The molecule has 1 aromatic heterocycles. The van der Waals surface area contributed by atoms with Crippen LogP contribution in [0.25, 0.3) is 0 Å². The second kappa shape index (κ2) is 6.16. The summed E-state index contributed by atoms with van der Waals surface area (Å²) in [6, 6.07) is -0.331. The zero-order valence-corrected chi connectivity index (χ0v) is 9.60. The van der Waals surface area contributed by atoms with E-state index in [1.165, 1.54) is 0 Å².